The van der Waals surface area contributed by atoms with Crippen molar-refractivity contribution in [2.45, 2.75) is 27.7 Å². The second-order valence-corrected chi connectivity index (χ2v) is 9.32. The van der Waals surface area contributed by atoms with Gasteiger partial charge in [0.25, 0.3) is 0 Å². The van der Waals surface area contributed by atoms with E-state index in [1.807, 2.05) is 68.4 Å². The first-order valence-corrected chi connectivity index (χ1v) is 12.4. The van der Waals surface area contributed by atoms with Gasteiger partial charge in [-0.1, -0.05) is 18.2 Å². The molecular weight excluding hydrogens is 472 g/mol. The summed E-state index contributed by atoms with van der Waals surface area (Å²) in [4.78, 5) is 10.9. The number of anilines is 1. The van der Waals surface area contributed by atoms with Crippen LogP contribution in [0.2, 0.25) is 0 Å². The third-order valence-corrected chi connectivity index (χ3v) is 6.86. The summed E-state index contributed by atoms with van der Waals surface area (Å²) < 4.78 is 13.7. The van der Waals surface area contributed by atoms with Gasteiger partial charge < -0.3 is 9.47 Å². The number of benzene rings is 2. The van der Waals surface area contributed by atoms with Crippen LogP contribution in [0.3, 0.4) is 0 Å². The molecule has 0 unspecified atom stereocenters. The van der Waals surface area contributed by atoms with Crippen molar-refractivity contribution in [1.29, 1.82) is 0 Å². The van der Waals surface area contributed by atoms with Crippen LogP contribution < -0.4 is 14.9 Å². The Kier molecular flexibility index (Phi) is 6.64. The molecule has 0 spiro atoms. The SMILES string of the molecule is CCOc1ccc(Oc2c(/C=N\Nc3ncnc4sc(C)c(C)c34)c(C)nn2-c2ccccc2)cc1. The molecule has 0 aliphatic carbocycles. The van der Waals surface area contributed by atoms with Gasteiger partial charge in [-0.05, 0) is 69.7 Å². The standard InChI is InChI=1S/C27H26N6O2S/c1-5-34-21-11-13-22(14-12-21)35-27-23(18(3)32-33(27)20-9-7-6-8-10-20)15-30-31-25-24-17(2)19(4)36-26(24)29-16-28-25/h6-16H,5H2,1-4H3,(H,28,29,31)/b30-15-. The number of nitrogens with zero attached hydrogens (tertiary/aromatic N) is 5. The highest BCUT2D eigenvalue weighted by atomic mass is 32.1. The van der Waals surface area contributed by atoms with Crippen molar-refractivity contribution >= 4 is 33.6 Å². The van der Waals surface area contributed by atoms with E-state index in [2.05, 4.69) is 34.3 Å². The Morgan fingerprint density at radius 1 is 1.00 bits per heavy atom. The van der Waals surface area contributed by atoms with Gasteiger partial charge in [-0.25, -0.2) is 9.97 Å². The smallest absolute Gasteiger partial charge is 0.231 e. The molecule has 2 aromatic carbocycles. The average molecular weight is 499 g/mol. The zero-order valence-electron chi connectivity index (χ0n) is 20.5. The van der Waals surface area contributed by atoms with E-state index >= 15 is 0 Å². The Morgan fingerprint density at radius 2 is 1.75 bits per heavy atom. The number of hydrogen-bond donors (Lipinski definition) is 1. The van der Waals surface area contributed by atoms with E-state index in [9.17, 15) is 0 Å². The molecule has 5 rings (SSSR count). The van der Waals surface area contributed by atoms with Crippen molar-refractivity contribution in [2.75, 3.05) is 12.0 Å². The molecule has 0 saturated carbocycles. The van der Waals surface area contributed by atoms with Crippen LogP contribution in [0, 0.1) is 20.8 Å². The van der Waals surface area contributed by atoms with Gasteiger partial charge in [0.2, 0.25) is 5.88 Å². The van der Waals surface area contributed by atoms with Crippen LogP contribution in [-0.2, 0) is 0 Å². The van der Waals surface area contributed by atoms with Crippen molar-refractivity contribution in [2.24, 2.45) is 5.10 Å². The van der Waals surface area contributed by atoms with Gasteiger partial charge in [0, 0.05) is 4.88 Å². The maximum atomic E-state index is 6.35. The van der Waals surface area contributed by atoms with Gasteiger partial charge >= 0.3 is 0 Å². The minimum atomic E-state index is 0.559. The first kappa shape index (κ1) is 23.5. The number of aromatic nitrogens is 4. The Bertz CT molecular complexity index is 1520. The van der Waals surface area contributed by atoms with E-state index in [-0.39, 0.29) is 0 Å². The first-order chi connectivity index (χ1) is 17.5. The minimum Gasteiger partial charge on any atom is -0.494 e. The van der Waals surface area contributed by atoms with E-state index in [0.717, 1.165) is 38.5 Å². The molecule has 3 heterocycles. The summed E-state index contributed by atoms with van der Waals surface area (Å²) in [5, 5.41) is 10.2. The lowest BCUT2D eigenvalue weighted by Gasteiger charge is -2.11. The van der Waals surface area contributed by atoms with E-state index in [1.54, 1.807) is 28.6 Å². The van der Waals surface area contributed by atoms with Crippen LogP contribution in [0.1, 0.15) is 28.6 Å². The molecule has 0 saturated heterocycles. The average Bonchev–Trinajstić information content (AvgIpc) is 3.36. The molecule has 0 aliphatic rings. The number of rotatable bonds is 8. The third-order valence-electron chi connectivity index (χ3n) is 5.74. The molecule has 0 radical (unpaired) electrons. The van der Waals surface area contributed by atoms with Gasteiger partial charge in [-0.3, -0.25) is 5.43 Å². The van der Waals surface area contributed by atoms with Crippen LogP contribution in [0.4, 0.5) is 5.82 Å². The topological polar surface area (TPSA) is 86.4 Å². The Morgan fingerprint density at radius 3 is 2.50 bits per heavy atom. The molecule has 0 atom stereocenters. The van der Waals surface area contributed by atoms with Crippen LogP contribution >= 0.6 is 11.3 Å². The van der Waals surface area contributed by atoms with E-state index in [4.69, 9.17) is 14.6 Å². The second-order valence-electron chi connectivity index (χ2n) is 8.11. The molecule has 8 nitrogen and oxygen atoms in total. The lowest BCUT2D eigenvalue weighted by atomic mass is 10.2. The highest BCUT2D eigenvalue weighted by molar-refractivity contribution is 7.18. The number of fused-ring (bicyclic) bond motifs is 1. The molecule has 9 heteroatoms. The lowest BCUT2D eigenvalue weighted by Crippen LogP contribution is -2.01. The Balaban J connectivity index is 1.50. The third kappa shape index (κ3) is 4.65. The normalized spacial score (nSPS) is 11.3. The maximum Gasteiger partial charge on any atom is 0.231 e. The highest BCUT2D eigenvalue weighted by Crippen LogP contribution is 2.33. The lowest BCUT2D eigenvalue weighted by molar-refractivity contribution is 0.339. The monoisotopic (exact) mass is 498 g/mol. The number of thiophene rings is 1. The Labute approximate surface area is 213 Å². The fraction of sp³-hybridized carbons (Fsp3) is 0.185. The Hall–Kier alpha value is -4.24. The fourth-order valence-electron chi connectivity index (χ4n) is 3.82. The summed E-state index contributed by atoms with van der Waals surface area (Å²) in [5.41, 5.74) is 6.67. The maximum absolute atomic E-state index is 6.35. The zero-order valence-corrected chi connectivity index (χ0v) is 21.3. The van der Waals surface area contributed by atoms with Gasteiger partial charge in [-0.15, -0.1) is 11.3 Å². The molecule has 36 heavy (non-hydrogen) atoms. The predicted octanol–water partition coefficient (Wildman–Crippen LogP) is 6.44. The quantitative estimate of drug-likeness (QED) is 0.196. The summed E-state index contributed by atoms with van der Waals surface area (Å²) >= 11 is 1.65. The van der Waals surface area contributed by atoms with E-state index in [1.165, 1.54) is 4.88 Å². The van der Waals surface area contributed by atoms with Crippen molar-refractivity contribution in [3.05, 3.63) is 82.6 Å². The van der Waals surface area contributed by atoms with Crippen molar-refractivity contribution < 1.29 is 9.47 Å². The number of hydrogen-bond acceptors (Lipinski definition) is 8. The summed E-state index contributed by atoms with van der Waals surface area (Å²) in [6.07, 6.45) is 3.27. The molecule has 1 N–H and O–H groups in total. The number of ether oxygens (including phenoxy) is 2. The molecule has 0 bridgehead atoms. The van der Waals surface area contributed by atoms with E-state index in [0.29, 0.717) is 24.1 Å². The van der Waals surface area contributed by atoms with Gasteiger partial charge in [0.05, 0.1) is 35.2 Å². The zero-order chi connectivity index (χ0) is 25.1. The van der Waals surface area contributed by atoms with Crippen LogP contribution in [0.15, 0.2) is 66.0 Å². The van der Waals surface area contributed by atoms with E-state index < -0.39 is 0 Å². The van der Waals surface area contributed by atoms with Crippen molar-refractivity contribution in [3.8, 4) is 23.1 Å². The van der Waals surface area contributed by atoms with Crippen molar-refractivity contribution in [3.63, 3.8) is 0 Å². The number of nitrogens with one attached hydrogen (secondary N) is 1. The van der Waals surface area contributed by atoms with Gasteiger partial charge in [-0.2, -0.15) is 14.9 Å². The summed E-state index contributed by atoms with van der Waals surface area (Å²) in [5.74, 6) is 2.68. The van der Waals surface area contributed by atoms with Crippen LogP contribution in [-0.4, -0.2) is 32.6 Å². The number of aryl methyl sites for hydroxylation is 3. The first-order valence-electron chi connectivity index (χ1n) is 11.6. The molecule has 0 fully saturated rings. The number of para-hydroxylation sites is 1. The van der Waals surface area contributed by atoms with Crippen LogP contribution in [0.25, 0.3) is 15.9 Å². The molecule has 5 aromatic rings. The second kappa shape index (κ2) is 10.2. The van der Waals surface area contributed by atoms with Gasteiger partial charge in [0.15, 0.2) is 5.82 Å². The van der Waals surface area contributed by atoms with Crippen molar-refractivity contribution in [1.82, 2.24) is 19.7 Å². The molecule has 0 amide bonds. The predicted molar refractivity (Wildman–Crippen MR) is 144 cm³/mol. The fourth-order valence-corrected chi connectivity index (χ4v) is 4.81. The summed E-state index contributed by atoms with van der Waals surface area (Å²) in [6, 6.07) is 17.4. The summed E-state index contributed by atoms with van der Waals surface area (Å²) in [7, 11) is 0. The highest BCUT2D eigenvalue weighted by Gasteiger charge is 2.18. The molecular formula is C27H26N6O2S. The molecule has 3 aromatic heterocycles. The minimum absolute atomic E-state index is 0.559. The summed E-state index contributed by atoms with van der Waals surface area (Å²) in [6.45, 7) is 8.65. The van der Waals surface area contributed by atoms with Crippen LogP contribution in [0.5, 0.6) is 17.4 Å². The van der Waals surface area contributed by atoms with Gasteiger partial charge in [0.1, 0.15) is 22.7 Å². The largest absolute Gasteiger partial charge is 0.494 e. The molecule has 0 aliphatic heterocycles. The number of hydrazone groups is 1. The molecule has 182 valence electrons.